The Labute approximate surface area is 272 Å². The standard InChI is InChI=1S/C32H35F3N6O5S/c1-8-37-30(45)40-24-12-18(28-39-23(15-47-28)32(33,34)35)20(13-38-24)17-9-10-22-19(11-17)26(42)21(27(43)36-7)14-41(22)25(16(2)3)29(44)46-31(4,5)6/h9-16,25H,8H2,1-7H3,(H,36,43)(H2,37,38,40,45). The summed E-state index contributed by atoms with van der Waals surface area (Å²) in [5, 5.41) is 8.51. The molecule has 0 aliphatic heterocycles. The van der Waals surface area contributed by atoms with Gasteiger partial charge in [-0.15, -0.1) is 11.3 Å². The zero-order chi connectivity index (χ0) is 34.8. The first-order valence-electron chi connectivity index (χ1n) is 14.7. The number of hydrogen-bond acceptors (Lipinski definition) is 8. The van der Waals surface area contributed by atoms with Crippen molar-refractivity contribution < 1.29 is 32.3 Å². The van der Waals surface area contributed by atoms with Crippen LogP contribution in [0.1, 0.15) is 63.6 Å². The van der Waals surface area contributed by atoms with E-state index in [2.05, 4.69) is 25.9 Å². The van der Waals surface area contributed by atoms with Crippen LogP contribution in [-0.4, -0.2) is 51.6 Å². The number of alkyl halides is 3. The highest BCUT2D eigenvalue weighted by atomic mass is 32.1. The van der Waals surface area contributed by atoms with E-state index < -0.39 is 46.8 Å². The molecule has 250 valence electrons. The SMILES string of the molecule is CCNC(=O)Nc1cc(-c2nc(C(F)(F)F)cs2)c(-c2ccc3c(c2)c(=O)c(C(=O)NC)cn3C(C(=O)OC(C)(C)C)C(C)C)cn1. The second-order valence-electron chi connectivity index (χ2n) is 11.9. The molecular weight excluding hydrogens is 637 g/mol. The number of carbonyl (C=O) groups excluding carboxylic acids is 3. The van der Waals surface area contributed by atoms with Crippen LogP contribution in [0.2, 0.25) is 0 Å². The minimum absolute atomic E-state index is 0.00454. The number of thiazole rings is 1. The largest absolute Gasteiger partial charge is 0.458 e. The minimum atomic E-state index is -4.69. The van der Waals surface area contributed by atoms with Crippen LogP contribution in [0.15, 0.2) is 46.8 Å². The monoisotopic (exact) mass is 672 g/mol. The second-order valence-corrected chi connectivity index (χ2v) is 12.8. The summed E-state index contributed by atoms with van der Waals surface area (Å²) in [5.74, 6) is -1.49. The number of fused-ring (bicyclic) bond motifs is 1. The van der Waals surface area contributed by atoms with E-state index in [1.807, 2.05) is 13.8 Å². The molecule has 15 heteroatoms. The number of carbonyl (C=O) groups is 3. The lowest BCUT2D eigenvalue weighted by Crippen LogP contribution is -2.35. The predicted molar refractivity (Wildman–Crippen MR) is 173 cm³/mol. The van der Waals surface area contributed by atoms with E-state index in [1.165, 1.54) is 31.6 Å². The van der Waals surface area contributed by atoms with Gasteiger partial charge in [0.05, 0.1) is 5.52 Å². The van der Waals surface area contributed by atoms with Gasteiger partial charge in [0.25, 0.3) is 5.91 Å². The van der Waals surface area contributed by atoms with Crippen LogP contribution in [0.5, 0.6) is 0 Å². The Morgan fingerprint density at radius 3 is 2.36 bits per heavy atom. The lowest BCUT2D eigenvalue weighted by atomic mass is 9.97. The third kappa shape index (κ3) is 7.79. The quantitative estimate of drug-likeness (QED) is 0.188. The molecule has 0 aliphatic carbocycles. The molecule has 4 aromatic rings. The second kappa shape index (κ2) is 13.5. The van der Waals surface area contributed by atoms with Crippen molar-refractivity contribution in [3.63, 3.8) is 0 Å². The van der Waals surface area contributed by atoms with Gasteiger partial charge in [-0.25, -0.2) is 19.6 Å². The Morgan fingerprint density at radius 2 is 1.79 bits per heavy atom. The van der Waals surface area contributed by atoms with Crippen LogP contribution >= 0.6 is 11.3 Å². The molecule has 0 bridgehead atoms. The Balaban J connectivity index is 1.98. The lowest BCUT2D eigenvalue weighted by Gasteiger charge is -2.29. The molecule has 0 radical (unpaired) electrons. The molecule has 3 heterocycles. The average molecular weight is 673 g/mol. The van der Waals surface area contributed by atoms with Crippen molar-refractivity contribution in [2.75, 3.05) is 18.9 Å². The number of ether oxygens (including phenoxy) is 1. The maximum atomic E-state index is 13.8. The maximum absolute atomic E-state index is 13.8. The summed E-state index contributed by atoms with van der Waals surface area (Å²) in [6, 6.07) is 4.62. The molecule has 0 aliphatic rings. The summed E-state index contributed by atoms with van der Waals surface area (Å²) in [6.45, 7) is 10.9. The number of halogens is 3. The van der Waals surface area contributed by atoms with Crippen molar-refractivity contribution in [3.05, 3.63) is 63.5 Å². The minimum Gasteiger partial charge on any atom is -0.458 e. The highest BCUT2D eigenvalue weighted by molar-refractivity contribution is 7.13. The van der Waals surface area contributed by atoms with Gasteiger partial charge in [-0.3, -0.25) is 14.9 Å². The van der Waals surface area contributed by atoms with Crippen molar-refractivity contribution in [1.82, 2.24) is 25.2 Å². The number of amides is 3. The van der Waals surface area contributed by atoms with Crippen molar-refractivity contribution in [3.8, 4) is 21.7 Å². The fourth-order valence-electron chi connectivity index (χ4n) is 4.90. The van der Waals surface area contributed by atoms with E-state index in [-0.39, 0.29) is 33.3 Å². The Morgan fingerprint density at radius 1 is 1.09 bits per heavy atom. The van der Waals surface area contributed by atoms with Crippen LogP contribution in [-0.2, 0) is 15.7 Å². The molecule has 1 aromatic carbocycles. The Kier molecular flexibility index (Phi) is 10.1. The highest BCUT2D eigenvalue weighted by Crippen LogP contribution is 2.39. The van der Waals surface area contributed by atoms with Gasteiger partial charge < -0.3 is 19.9 Å². The molecule has 0 saturated carbocycles. The number of nitrogens with zero attached hydrogens (tertiary/aromatic N) is 3. The summed E-state index contributed by atoms with van der Waals surface area (Å²) >= 11 is 0.752. The number of hydrogen-bond donors (Lipinski definition) is 3. The molecule has 0 saturated heterocycles. The molecular formula is C32H35F3N6O5S. The summed E-state index contributed by atoms with van der Waals surface area (Å²) in [6.07, 6.45) is -2.00. The van der Waals surface area contributed by atoms with Crippen molar-refractivity contribution in [2.45, 2.75) is 59.4 Å². The number of urea groups is 1. The predicted octanol–water partition coefficient (Wildman–Crippen LogP) is 6.25. The molecule has 4 rings (SSSR count). The molecule has 1 atom stereocenters. The molecule has 11 nitrogen and oxygen atoms in total. The lowest BCUT2D eigenvalue weighted by molar-refractivity contribution is -0.160. The number of anilines is 1. The zero-order valence-corrected chi connectivity index (χ0v) is 27.6. The molecule has 1 unspecified atom stereocenters. The summed E-state index contributed by atoms with van der Waals surface area (Å²) in [4.78, 5) is 60.3. The van der Waals surface area contributed by atoms with Crippen LogP contribution in [0.25, 0.3) is 32.6 Å². The number of pyridine rings is 2. The fraction of sp³-hybridized carbons (Fsp3) is 0.375. The number of nitrogens with one attached hydrogen (secondary N) is 3. The van der Waals surface area contributed by atoms with Crippen molar-refractivity contribution in [2.24, 2.45) is 5.92 Å². The topological polar surface area (TPSA) is 144 Å². The fourth-order valence-corrected chi connectivity index (χ4v) is 5.75. The Bertz CT molecular complexity index is 1890. The molecule has 47 heavy (non-hydrogen) atoms. The van der Waals surface area contributed by atoms with Gasteiger partial charge in [0.1, 0.15) is 28.0 Å². The van der Waals surface area contributed by atoms with Gasteiger partial charge in [0.15, 0.2) is 5.69 Å². The van der Waals surface area contributed by atoms with E-state index in [0.717, 1.165) is 16.7 Å². The third-order valence-corrected chi connectivity index (χ3v) is 7.78. The van der Waals surface area contributed by atoms with E-state index in [9.17, 15) is 32.3 Å². The number of esters is 1. The van der Waals surface area contributed by atoms with Crippen LogP contribution < -0.4 is 21.4 Å². The van der Waals surface area contributed by atoms with E-state index >= 15 is 0 Å². The van der Waals surface area contributed by atoms with Gasteiger partial charge in [-0.1, -0.05) is 19.9 Å². The van der Waals surface area contributed by atoms with Crippen LogP contribution in [0, 0.1) is 5.92 Å². The van der Waals surface area contributed by atoms with E-state index in [4.69, 9.17) is 4.74 Å². The number of benzene rings is 1. The van der Waals surface area contributed by atoms with Gasteiger partial charge in [0, 0.05) is 47.9 Å². The van der Waals surface area contributed by atoms with E-state index in [1.54, 1.807) is 44.4 Å². The molecule has 3 amide bonds. The maximum Gasteiger partial charge on any atom is 0.434 e. The van der Waals surface area contributed by atoms with Crippen LogP contribution in [0.4, 0.5) is 23.8 Å². The highest BCUT2D eigenvalue weighted by Gasteiger charge is 2.34. The van der Waals surface area contributed by atoms with Crippen molar-refractivity contribution in [1.29, 1.82) is 0 Å². The first-order valence-corrected chi connectivity index (χ1v) is 15.5. The smallest absolute Gasteiger partial charge is 0.434 e. The van der Waals surface area contributed by atoms with Gasteiger partial charge in [0.2, 0.25) is 5.43 Å². The molecule has 3 N–H and O–H groups in total. The van der Waals surface area contributed by atoms with Gasteiger partial charge >= 0.3 is 18.2 Å². The third-order valence-electron chi connectivity index (χ3n) is 6.90. The Hall–Kier alpha value is -4.79. The van der Waals surface area contributed by atoms with Crippen molar-refractivity contribution >= 4 is 46.0 Å². The van der Waals surface area contributed by atoms with Crippen LogP contribution in [0.3, 0.4) is 0 Å². The van der Waals surface area contributed by atoms with E-state index in [0.29, 0.717) is 23.2 Å². The summed E-state index contributed by atoms with van der Waals surface area (Å²) in [5.41, 5.74) is -1.53. The molecule has 0 spiro atoms. The first-order chi connectivity index (χ1) is 21.9. The summed E-state index contributed by atoms with van der Waals surface area (Å²) < 4.78 is 47.7. The average Bonchev–Trinajstić information content (AvgIpc) is 3.48. The normalized spacial score (nSPS) is 12.6. The first kappa shape index (κ1) is 35.1. The molecule has 0 fully saturated rings. The molecule has 3 aromatic heterocycles. The zero-order valence-electron chi connectivity index (χ0n) is 26.8. The number of aromatic nitrogens is 3. The number of rotatable bonds is 8. The van der Waals surface area contributed by atoms with Gasteiger partial charge in [-0.2, -0.15) is 13.2 Å². The summed E-state index contributed by atoms with van der Waals surface area (Å²) in [7, 11) is 1.37. The van der Waals surface area contributed by atoms with Gasteiger partial charge in [-0.05, 0) is 57.4 Å².